The van der Waals surface area contributed by atoms with Gasteiger partial charge >= 0.3 is 5.97 Å². The van der Waals surface area contributed by atoms with Crippen molar-refractivity contribution in [2.75, 3.05) is 20.3 Å². The van der Waals surface area contributed by atoms with Gasteiger partial charge in [-0.2, -0.15) is 0 Å². The van der Waals surface area contributed by atoms with E-state index in [0.717, 1.165) is 27.8 Å². The molecule has 0 aliphatic carbocycles. The molecule has 172 valence electrons. The van der Waals surface area contributed by atoms with Crippen LogP contribution in [0.15, 0.2) is 60.0 Å². The van der Waals surface area contributed by atoms with Gasteiger partial charge in [-0.15, -0.1) is 6.58 Å². The molecule has 1 fully saturated rings. The molecule has 0 spiro atoms. The van der Waals surface area contributed by atoms with E-state index in [9.17, 15) is 14.4 Å². The van der Waals surface area contributed by atoms with Crippen LogP contribution >= 0.6 is 11.8 Å². The van der Waals surface area contributed by atoms with Crippen LogP contribution in [0.4, 0.5) is 4.79 Å². The third-order valence-corrected chi connectivity index (χ3v) is 5.64. The standard InChI is InChI=1S/C25H25NO6S/c1-4-9-19-12-18(14-21-24(28)26(25(29)33-21)15-22(27)30-3)13-20(31-5-2)23(19)32-16-17-10-7-6-8-11-17/h4,6-8,10-14H,1,5,9,15-16H2,2-3H3/b21-14+. The predicted molar refractivity (Wildman–Crippen MR) is 127 cm³/mol. The number of nitrogens with zero attached hydrogens (tertiary/aromatic N) is 1. The van der Waals surface area contributed by atoms with Crippen LogP contribution in [0.25, 0.3) is 6.08 Å². The molecule has 33 heavy (non-hydrogen) atoms. The Morgan fingerprint density at radius 3 is 2.58 bits per heavy atom. The molecule has 0 bridgehead atoms. The van der Waals surface area contributed by atoms with Crippen LogP contribution in [-0.2, 0) is 27.4 Å². The number of rotatable bonds is 10. The number of carbonyl (C=O) groups excluding carboxylic acids is 3. The summed E-state index contributed by atoms with van der Waals surface area (Å²) in [6.07, 6.45) is 3.89. The highest BCUT2D eigenvalue weighted by molar-refractivity contribution is 8.18. The maximum Gasteiger partial charge on any atom is 0.325 e. The van der Waals surface area contributed by atoms with Crippen molar-refractivity contribution in [3.63, 3.8) is 0 Å². The Morgan fingerprint density at radius 2 is 1.91 bits per heavy atom. The van der Waals surface area contributed by atoms with Gasteiger partial charge in [-0.1, -0.05) is 36.4 Å². The normalized spacial score (nSPS) is 14.5. The summed E-state index contributed by atoms with van der Waals surface area (Å²) in [4.78, 5) is 37.5. The maximum atomic E-state index is 12.7. The summed E-state index contributed by atoms with van der Waals surface area (Å²) < 4.78 is 16.5. The zero-order valence-corrected chi connectivity index (χ0v) is 19.4. The number of hydrogen-bond acceptors (Lipinski definition) is 7. The van der Waals surface area contributed by atoms with Gasteiger partial charge in [-0.3, -0.25) is 19.3 Å². The van der Waals surface area contributed by atoms with Crippen molar-refractivity contribution < 1.29 is 28.6 Å². The number of amides is 2. The van der Waals surface area contributed by atoms with Crippen LogP contribution in [0.1, 0.15) is 23.6 Å². The summed E-state index contributed by atoms with van der Waals surface area (Å²) in [6.45, 7) is 6.08. The van der Waals surface area contributed by atoms with Gasteiger partial charge in [-0.05, 0) is 54.4 Å². The highest BCUT2D eigenvalue weighted by Gasteiger charge is 2.36. The number of thioether (sulfide) groups is 1. The summed E-state index contributed by atoms with van der Waals surface area (Å²) in [5.41, 5.74) is 2.53. The molecule has 1 saturated heterocycles. The molecule has 1 heterocycles. The lowest BCUT2D eigenvalue weighted by Crippen LogP contribution is -2.34. The predicted octanol–water partition coefficient (Wildman–Crippen LogP) is 4.60. The smallest absolute Gasteiger partial charge is 0.325 e. The Labute approximate surface area is 197 Å². The number of imide groups is 1. The average molecular weight is 468 g/mol. The van der Waals surface area contributed by atoms with Crippen molar-refractivity contribution in [2.45, 2.75) is 20.0 Å². The first-order chi connectivity index (χ1) is 16.0. The number of methoxy groups -OCH3 is 1. The SMILES string of the molecule is C=CCc1cc(/C=C2/SC(=O)N(CC(=O)OC)C2=O)cc(OCC)c1OCc1ccccc1. The summed E-state index contributed by atoms with van der Waals surface area (Å²) >= 11 is 0.778. The quantitative estimate of drug-likeness (QED) is 0.287. The van der Waals surface area contributed by atoms with E-state index in [0.29, 0.717) is 36.7 Å². The largest absolute Gasteiger partial charge is 0.490 e. The molecule has 3 rings (SSSR count). The van der Waals surface area contributed by atoms with Crippen LogP contribution in [-0.4, -0.2) is 42.3 Å². The van der Waals surface area contributed by atoms with E-state index < -0.39 is 23.7 Å². The number of carbonyl (C=O) groups is 3. The molecule has 0 aromatic heterocycles. The minimum atomic E-state index is -0.662. The summed E-state index contributed by atoms with van der Waals surface area (Å²) in [5, 5.41) is -0.518. The van der Waals surface area contributed by atoms with Crippen molar-refractivity contribution >= 4 is 35.0 Å². The van der Waals surface area contributed by atoms with Gasteiger partial charge < -0.3 is 14.2 Å². The highest BCUT2D eigenvalue weighted by Crippen LogP contribution is 2.37. The van der Waals surface area contributed by atoms with Crippen LogP contribution in [0.3, 0.4) is 0 Å². The molecule has 7 nitrogen and oxygen atoms in total. The van der Waals surface area contributed by atoms with Crippen molar-refractivity contribution in [1.29, 1.82) is 0 Å². The molecular formula is C25H25NO6S. The van der Waals surface area contributed by atoms with Gasteiger partial charge in [0.05, 0.1) is 18.6 Å². The van der Waals surface area contributed by atoms with Crippen LogP contribution in [0.2, 0.25) is 0 Å². The molecule has 2 amide bonds. The van der Waals surface area contributed by atoms with Crippen molar-refractivity contribution in [3.8, 4) is 11.5 Å². The van der Waals surface area contributed by atoms with E-state index in [-0.39, 0.29) is 4.91 Å². The van der Waals surface area contributed by atoms with Gasteiger partial charge in [0.2, 0.25) is 0 Å². The van der Waals surface area contributed by atoms with Crippen LogP contribution < -0.4 is 9.47 Å². The fourth-order valence-corrected chi connectivity index (χ4v) is 4.05. The maximum absolute atomic E-state index is 12.7. The lowest BCUT2D eigenvalue weighted by atomic mass is 10.0. The Bertz CT molecular complexity index is 1080. The van der Waals surface area contributed by atoms with Gasteiger partial charge in [-0.25, -0.2) is 0 Å². The zero-order valence-electron chi connectivity index (χ0n) is 18.5. The molecule has 0 atom stereocenters. The molecule has 0 N–H and O–H groups in total. The first kappa shape index (κ1) is 24.1. The summed E-state index contributed by atoms with van der Waals surface area (Å²) in [7, 11) is 1.20. The Kier molecular flexibility index (Phi) is 8.32. The lowest BCUT2D eigenvalue weighted by molar-refractivity contribution is -0.143. The molecule has 1 aliphatic heterocycles. The Morgan fingerprint density at radius 1 is 1.15 bits per heavy atom. The van der Waals surface area contributed by atoms with E-state index in [2.05, 4.69) is 11.3 Å². The molecule has 0 unspecified atom stereocenters. The molecule has 2 aromatic carbocycles. The van der Waals surface area contributed by atoms with Gasteiger partial charge in [0.25, 0.3) is 11.1 Å². The number of esters is 1. The fraction of sp³-hybridized carbons (Fsp3) is 0.240. The summed E-state index contributed by atoms with van der Waals surface area (Å²) in [5.74, 6) is -0.0576. The fourth-order valence-electron chi connectivity index (χ4n) is 3.21. The molecule has 1 aliphatic rings. The topological polar surface area (TPSA) is 82.1 Å². The van der Waals surface area contributed by atoms with E-state index >= 15 is 0 Å². The molecule has 0 radical (unpaired) electrons. The molecule has 2 aromatic rings. The average Bonchev–Trinajstić information content (AvgIpc) is 3.06. The van der Waals surface area contributed by atoms with E-state index in [1.54, 1.807) is 18.2 Å². The van der Waals surface area contributed by atoms with E-state index in [4.69, 9.17) is 9.47 Å². The molecular weight excluding hydrogens is 442 g/mol. The van der Waals surface area contributed by atoms with Crippen molar-refractivity contribution in [3.05, 3.63) is 76.7 Å². The number of benzene rings is 2. The van der Waals surface area contributed by atoms with Crippen molar-refractivity contribution in [2.24, 2.45) is 0 Å². The zero-order chi connectivity index (χ0) is 23.8. The number of allylic oxidation sites excluding steroid dienone is 1. The van der Waals surface area contributed by atoms with Gasteiger partial charge in [0.1, 0.15) is 13.2 Å². The number of hydrogen-bond donors (Lipinski definition) is 0. The monoisotopic (exact) mass is 467 g/mol. The first-order valence-corrected chi connectivity index (χ1v) is 11.2. The van der Waals surface area contributed by atoms with Gasteiger partial charge in [0.15, 0.2) is 11.5 Å². The molecule has 0 saturated carbocycles. The molecule has 8 heteroatoms. The highest BCUT2D eigenvalue weighted by atomic mass is 32.2. The van der Waals surface area contributed by atoms with Gasteiger partial charge in [0, 0.05) is 5.56 Å². The third kappa shape index (κ3) is 6.04. The Hall–Kier alpha value is -3.52. The van der Waals surface area contributed by atoms with E-state index in [1.165, 1.54) is 7.11 Å². The first-order valence-electron chi connectivity index (χ1n) is 10.4. The van der Waals surface area contributed by atoms with E-state index in [1.807, 2.05) is 43.3 Å². The second-order valence-electron chi connectivity index (χ2n) is 7.05. The van der Waals surface area contributed by atoms with Crippen LogP contribution in [0.5, 0.6) is 11.5 Å². The van der Waals surface area contributed by atoms with Crippen molar-refractivity contribution in [1.82, 2.24) is 4.90 Å². The van der Waals surface area contributed by atoms with Crippen LogP contribution in [0, 0.1) is 0 Å². The minimum absolute atomic E-state index is 0.217. The Balaban J connectivity index is 1.92. The second kappa shape index (κ2) is 11.4. The minimum Gasteiger partial charge on any atom is -0.490 e. The lowest BCUT2D eigenvalue weighted by Gasteiger charge is -2.17. The third-order valence-electron chi connectivity index (χ3n) is 4.73. The summed E-state index contributed by atoms with van der Waals surface area (Å²) in [6, 6.07) is 13.4. The second-order valence-corrected chi connectivity index (χ2v) is 8.04. The number of ether oxygens (including phenoxy) is 3.